The highest BCUT2D eigenvalue weighted by Gasteiger charge is 2.44. The maximum absolute atomic E-state index is 12.5. The third-order valence-electron chi connectivity index (χ3n) is 4.00. The molecule has 1 atom stereocenters. The van der Waals surface area contributed by atoms with Gasteiger partial charge in [-0.1, -0.05) is 0 Å². The van der Waals surface area contributed by atoms with Crippen molar-refractivity contribution in [3.63, 3.8) is 0 Å². The summed E-state index contributed by atoms with van der Waals surface area (Å²) in [4.78, 5) is 27.5. The van der Waals surface area contributed by atoms with Crippen LogP contribution < -0.4 is 0 Å². The Labute approximate surface area is 128 Å². The molecular weight excluding hydrogens is 288 g/mol. The van der Waals surface area contributed by atoms with Gasteiger partial charge < -0.3 is 19.3 Å². The molecule has 0 radical (unpaired) electrons. The van der Waals surface area contributed by atoms with Crippen LogP contribution >= 0.6 is 0 Å². The SMILES string of the molecule is CC(=O)N1CCOC2(C1)CN(C(=O)c1cnn(C)c1)CCO2. The quantitative estimate of drug-likeness (QED) is 0.697. The first-order valence-corrected chi connectivity index (χ1v) is 7.30. The highest BCUT2D eigenvalue weighted by Crippen LogP contribution is 2.25. The fourth-order valence-electron chi connectivity index (χ4n) is 2.85. The van der Waals surface area contributed by atoms with Crippen LogP contribution in [0, 0.1) is 0 Å². The summed E-state index contributed by atoms with van der Waals surface area (Å²) >= 11 is 0. The molecule has 8 nitrogen and oxygen atoms in total. The number of aromatic nitrogens is 2. The Bertz CT molecular complexity index is 583. The van der Waals surface area contributed by atoms with E-state index in [1.807, 2.05) is 0 Å². The molecule has 2 fully saturated rings. The monoisotopic (exact) mass is 308 g/mol. The first-order valence-electron chi connectivity index (χ1n) is 7.30. The van der Waals surface area contributed by atoms with E-state index in [2.05, 4.69) is 5.10 Å². The minimum absolute atomic E-state index is 0.0121. The van der Waals surface area contributed by atoms with E-state index >= 15 is 0 Å². The maximum atomic E-state index is 12.5. The number of carbonyl (C=O) groups excluding carboxylic acids is 2. The number of morpholine rings is 2. The van der Waals surface area contributed by atoms with Crippen LogP contribution in [0.1, 0.15) is 17.3 Å². The molecule has 2 aliphatic heterocycles. The lowest BCUT2D eigenvalue weighted by molar-refractivity contribution is -0.284. The zero-order valence-electron chi connectivity index (χ0n) is 12.8. The molecule has 0 aliphatic carbocycles. The molecule has 0 saturated carbocycles. The Kier molecular flexibility index (Phi) is 3.88. The largest absolute Gasteiger partial charge is 0.345 e. The van der Waals surface area contributed by atoms with Crippen molar-refractivity contribution in [2.45, 2.75) is 12.7 Å². The van der Waals surface area contributed by atoms with Crippen LogP contribution in [-0.2, 0) is 21.3 Å². The van der Waals surface area contributed by atoms with Crippen molar-refractivity contribution in [2.75, 3.05) is 39.4 Å². The van der Waals surface area contributed by atoms with Crippen molar-refractivity contribution in [1.82, 2.24) is 19.6 Å². The second-order valence-corrected chi connectivity index (χ2v) is 5.68. The molecule has 22 heavy (non-hydrogen) atoms. The van der Waals surface area contributed by atoms with Crippen molar-refractivity contribution in [2.24, 2.45) is 7.05 Å². The zero-order valence-corrected chi connectivity index (χ0v) is 12.8. The molecule has 0 aromatic carbocycles. The van der Waals surface area contributed by atoms with Crippen molar-refractivity contribution < 1.29 is 19.1 Å². The summed E-state index contributed by atoms with van der Waals surface area (Å²) in [7, 11) is 1.77. The van der Waals surface area contributed by atoms with Crippen LogP contribution in [0.2, 0.25) is 0 Å². The summed E-state index contributed by atoms with van der Waals surface area (Å²) in [5.41, 5.74) is 0.541. The van der Waals surface area contributed by atoms with E-state index < -0.39 is 5.79 Å². The Morgan fingerprint density at radius 2 is 1.82 bits per heavy atom. The van der Waals surface area contributed by atoms with Gasteiger partial charge in [-0.05, 0) is 0 Å². The van der Waals surface area contributed by atoms with Crippen LogP contribution in [0.15, 0.2) is 12.4 Å². The molecular formula is C14H20N4O4. The molecule has 8 heteroatoms. The van der Waals surface area contributed by atoms with E-state index in [4.69, 9.17) is 9.47 Å². The number of aryl methyl sites for hydroxylation is 1. The smallest absolute Gasteiger partial charge is 0.257 e. The standard InChI is InChI=1S/C14H20N4O4/c1-11(19)17-3-5-21-14(9-17)10-18(4-6-22-14)13(20)12-7-15-16(2)8-12/h7-8H,3-6,9-10H2,1-2H3. The van der Waals surface area contributed by atoms with Crippen molar-refractivity contribution in [1.29, 1.82) is 0 Å². The molecule has 1 aromatic rings. The van der Waals surface area contributed by atoms with Crippen molar-refractivity contribution in [3.05, 3.63) is 18.0 Å². The average molecular weight is 308 g/mol. The fourth-order valence-corrected chi connectivity index (χ4v) is 2.85. The van der Waals surface area contributed by atoms with E-state index in [-0.39, 0.29) is 11.8 Å². The van der Waals surface area contributed by atoms with Gasteiger partial charge in [0, 0.05) is 33.3 Å². The van der Waals surface area contributed by atoms with Gasteiger partial charge in [0.25, 0.3) is 5.91 Å². The van der Waals surface area contributed by atoms with E-state index in [0.29, 0.717) is 45.0 Å². The molecule has 120 valence electrons. The third kappa shape index (κ3) is 2.84. The third-order valence-corrected chi connectivity index (χ3v) is 4.00. The predicted octanol–water partition coefficient (Wildman–Crippen LogP) is -0.532. The minimum Gasteiger partial charge on any atom is -0.345 e. The minimum atomic E-state index is -0.917. The summed E-state index contributed by atoms with van der Waals surface area (Å²) in [6.07, 6.45) is 3.24. The molecule has 2 saturated heterocycles. The van der Waals surface area contributed by atoms with Crippen molar-refractivity contribution in [3.8, 4) is 0 Å². The van der Waals surface area contributed by atoms with Crippen LogP contribution in [0.25, 0.3) is 0 Å². The van der Waals surface area contributed by atoms with Gasteiger partial charge in [0.05, 0.1) is 38.1 Å². The highest BCUT2D eigenvalue weighted by molar-refractivity contribution is 5.93. The number of carbonyl (C=O) groups is 2. The van der Waals surface area contributed by atoms with Gasteiger partial charge in [-0.25, -0.2) is 0 Å². The molecule has 1 spiro atoms. The fraction of sp³-hybridized carbons (Fsp3) is 0.643. The van der Waals surface area contributed by atoms with Gasteiger partial charge in [0.1, 0.15) is 0 Å². The van der Waals surface area contributed by atoms with Crippen LogP contribution in [0.5, 0.6) is 0 Å². The lowest BCUT2D eigenvalue weighted by Gasteiger charge is -2.47. The summed E-state index contributed by atoms with van der Waals surface area (Å²) in [5.74, 6) is -1.03. The Hall–Kier alpha value is -1.93. The molecule has 2 aliphatic rings. The number of nitrogens with zero attached hydrogens (tertiary/aromatic N) is 4. The van der Waals surface area contributed by atoms with Gasteiger partial charge in [0.2, 0.25) is 11.7 Å². The first kappa shape index (κ1) is 15.0. The number of hydrogen-bond donors (Lipinski definition) is 0. The number of rotatable bonds is 1. The average Bonchev–Trinajstić information content (AvgIpc) is 2.93. The van der Waals surface area contributed by atoms with Crippen molar-refractivity contribution >= 4 is 11.8 Å². The van der Waals surface area contributed by atoms with Gasteiger partial charge in [-0.3, -0.25) is 14.3 Å². The predicted molar refractivity (Wildman–Crippen MR) is 76.0 cm³/mol. The van der Waals surface area contributed by atoms with E-state index in [0.717, 1.165) is 0 Å². The molecule has 3 rings (SSSR count). The van der Waals surface area contributed by atoms with E-state index in [1.165, 1.54) is 6.92 Å². The Balaban J connectivity index is 1.73. The molecule has 3 heterocycles. The number of amides is 2. The lowest BCUT2D eigenvalue weighted by Crippen LogP contribution is -2.63. The Morgan fingerprint density at radius 1 is 1.18 bits per heavy atom. The van der Waals surface area contributed by atoms with Gasteiger partial charge in [-0.2, -0.15) is 5.10 Å². The maximum Gasteiger partial charge on any atom is 0.257 e. The normalized spacial score (nSPS) is 25.5. The van der Waals surface area contributed by atoms with E-state index in [1.54, 1.807) is 33.9 Å². The summed E-state index contributed by atoms with van der Waals surface area (Å²) < 4.78 is 13.2. The van der Waals surface area contributed by atoms with Gasteiger partial charge >= 0.3 is 0 Å². The van der Waals surface area contributed by atoms with Gasteiger partial charge in [0.15, 0.2) is 0 Å². The van der Waals surface area contributed by atoms with Crippen LogP contribution in [0.3, 0.4) is 0 Å². The van der Waals surface area contributed by atoms with Crippen LogP contribution in [-0.4, -0.2) is 76.6 Å². The first-order chi connectivity index (χ1) is 10.5. The van der Waals surface area contributed by atoms with E-state index in [9.17, 15) is 9.59 Å². The molecule has 0 bridgehead atoms. The second kappa shape index (κ2) is 5.69. The molecule has 1 unspecified atom stereocenters. The van der Waals surface area contributed by atoms with Gasteiger partial charge in [-0.15, -0.1) is 0 Å². The number of hydrogen-bond acceptors (Lipinski definition) is 5. The topological polar surface area (TPSA) is 76.9 Å². The molecule has 1 aromatic heterocycles. The zero-order chi connectivity index (χ0) is 15.7. The second-order valence-electron chi connectivity index (χ2n) is 5.68. The highest BCUT2D eigenvalue weighted by atomic mass is 16.7. The Morgan fingerprint density at radius 3 is 2.41 bits per heavy atom. The summed E-state index contributed by atoms with van der Waals surface area (Å²) in [6, 6.07) is 0. The van der Waals surface area contributed by atoms with Crippen LogP contribution in [0.4, 0.5) is 0 Å². The summed E-state index contributed by atoms with van der Waals surface area (Å²) in [6.45, 7) is 4.03. The number of ether oxygens (including phenoxy) is 2. The lowest BCUT2D eigenvalue weighted by atomic mass is 10.1. The molecule has 0 N–H and O–H groups in total. The molecule has 2 amide bonds. The summed E-state index contributed by atoms with van der Waals surface area (Å²) in [5, 5.41) is 4.03.